The maximum absolute atomic E-state index is 5.84. The highest BCUT2D eigenvalue weighted by molar-refractivity contribution is 6.30. The molecule has 0 aliphatic carbocycles. The first-order valence-electron chi connectivity index (χ1n) is 6.27. The molecular weight excluding hydrogens is 234 g/mol. The molecule has 0 atom stereocenters. The number of pyridine rings is 1. The van der Waals surface area contributed by atoms with Gasteiger partial charge in [-0.1, -0.05) is 25.4 Å². The molecule has 1 fully saturated rings. The van der Waals surface area contributed by atoms with Crippen molar-refractivity contribution in [3.05, 3.63) is 23.4 Å². The van der Waals surface area contributed by atoms with Crippen LogP contribution in [0.4, 0.5) is 5.82 Å². The van der Waals surface area contributed by atoms with Crippen molar-refractivity contribution < 1.29 is 0 Å². The summed E-state index contributed by atoms with van der Waals surface area (Å²) in [5, 5.41) is 4.29. The molecule has 4 heteroatoms. The Hall–Kier alpha value is -0.800. The quantitative estimate of drug-likeness (QED) is 0.898. The lowest BCUT2D eigenvalue weighted by Gasteiger charge is -2.34. The second kappa shape index (κ2) is 5.69. The summed E-state index contributed by atoms with van der Waals surface area (Å²) in [5.74, 6) is 1.04. The van der Waals surface area contributed by atoms with Crippen molar-refractivity contribution >= 4 is 17.4 Å². The first-order valence-corrected chi connectivity index (χ1v) is 6.65. The first kappa shape index (κ1) is 12.7. The van der Waals surface area contributed by atoms with Crippen LogP contribution in [0, 0.1) is 0 Å². The molecule has 0 saturated carbocycles. The number of nitrogens with one attached hydrogen (secondary N) is 1. The number of nitrogens with zero attached hydrogens (tertiary/aromatic N) is 2. The second-order valence-corrected chi connectivity index (χ2v) is 5.35. The highest BCUT2D eigenvalue weighted by Crippen LogP contribution is 2.19. The average Bonchev–Trinajstić information content (AvgIpc) is 2.30. The van der Waals surface area contributed by atoms with E-state index in [4.69, 9.17) is 11.6 Å². The van der Waals surface area contributed by atoms with E-state index < -0.39 is 0 Å². The van der Waals surface area contributed by atoms with Gasteiger partial charge in [0, 0.05) is 31.4 Å². The van der Waals surface area contributed by atoms with Gasteiger partial charge < -0.3 is 10.2 Å². The molecule has 3 nitrogen and oxygen atoms in total. The summed E-state index contributed by atoms with van der Waals surface area (Å²) in [6.07, 6.45) is 4.08. The number of rotatable bonds is 3. The summed E-state index contributed by atoms with van der Waals surface area (Å²) in [6, 6.07) is 5.12. The van der Waals surface area contributed by atoms with Crippen LogP contribution in [-0.4, -0.2) is 30.2 Å². The standard InChI is InChI=1S/C13H20ClN3/c1-10(2)16-12-5-7-17(8-6-12)13-4-3-11(14)9-15-13/h3-4,9-10,12,16H,5-8H2,1-2H3. The van der Waals surface area contributed by atoms with Crippen molar-refractivity contribution in [3.8, 4) is 0 Å². The highest BCUT2D eigenvalue weighted by atomic mass is 35.5. The van der Waals surface area contributed by atoms with Crippen LogP contribution in [0.3, 0.4) is 0 Å². The van der Waals surface area contributed by atoms with Gasteiger partial charge in [0.15, 0.2) is 0 Å². The molecule has 0 radical (unpaired) electrons. The molecule has 1 aliphatic rings. The monoisotopic (exact) mass is 253 g/mol. The Bertz CT molecular complexity index is 342. The maximum Gasteiger partial charge on any atom is 0.128 e. The number of hydrogen-bond donors (Lipinski definition) is 1. The topological polar surface area (TPSA) is 28.2 Å². The lowest BCUT2D eigenvalue weighted by molar-refractivity contribution is 0.386. The summed E-state index contributed by atoms with van der Waals surface area (Å²) in [7, 11) is 0. The van der Waals surface area contributed by atoms with E-state index in [1.54, 1.807) is 6.20 Å². The van der Waals surface area contributed by atoms with Gasteiger partial charge in [-0.05, 0) is 25.0 Å². The summed E-state index contributed by atoms with van der Waals surface area (Å²) >= 11 is 5.84. The molecule has 2 heterocycles. The van der Waals surface area contributed by atoms with E-state index in [2.05, 4.69) is 29.0 Å². The van der Waals surface area contributed by atoms with Crippen LogP contribution >= 0.6 is 11.6 Å². The van der Waals surface area contributed by atoms with Crippen LogP contribution in [0.25, 0.3) is 0 Å². The fraction of sp³-hybridized carbons (Fsp3) is 0.615. The molecule has 0 amide bonds. The Balaban J connectivity index is 1.88. The minimum Gasteiger partial charge on any atom is -0.357 e. The van der Waals surface area contributed by atoms with Gasteiger partial charge in [-0.15, -0.1) is 0 Å². The van der Waals surface area contributed by atoms with Crippen molar-refractivity contribution in [2.24, 2.45) is 0 Å². The molecule has 1 aromatic heterocycles. The third-order valence-electron chi connectivity index (χ3n) is 3.10. The highest BCUT2D eigenvalue weighted by Gasteiger charge is 2.20. The number of halogens is 1. The molecule has 0 bridgehead atoms. The summed E-state index contributed by atoms with van der Waals surface area (Å²) in [6.45, 7) is 6.54. The normalized spacial score (nSPS) is 17.8. The first-order chi connectivity index (χ1) is 8.15. The predicted molar refractivity (Wildman–Crippen MR) is 72.8 cm³/mol. The van der Waals surface area contributed by atoms with Gasteiger partial charge in [0.2, 0.25) is 0 Å². The zero-order valence-electron chi connectivity index (χ0n) is 10.5. The van der Waals surface area contributed by atoms with Crippen molar-refractivity contribution in [2.75, 3.05) is 18.0 Å². The van der Waals surface area contributed by atoms with Crippen molar-refractivity contribution in [3.63, 3.8) is 0 Å². The third kappa shape index (κ3) is 3.58. The van der Waals surface area contributed by atoms with Crippen LogP contribution in [0.1, 0.15) is 26.7 Å². The van der Waals surface area contributed by atoms with Gasteiger partial charge in [0.1, 0.15) is 5.82 Å². The Morgan fingerprint density at radius 2 is 2.06 bits per heavy atom. The molecular formula is C13H20ClN3. The molecule has 1 aliphatic heterocycles. The molecule has 1 N–H and O–H groups in total. The maximum atomic E-state index is 5.84. The number of aromatic nitrogens is 1. The van der Waals surface area contributed by atoms with Crippen LogP contribution in [0.2, 0.25) is 5.02 Å². The zero-order chi connectivity index (χ0) is 12.3. The molecule has 0 spiro atoms. The van der Waals surface area contributed by atoms with Crippen LogP contribution < -0.4 is 10.2 Å². The summed E-state index contributed by atoms with van der Waals surface area (Å²) in [5.41, 5.74) is 0. The smallest absolute Gasteiger partial charge is 0.128 e. The predicted octanol–water partition coefficient (Wildman–Crippen LogP) is 2.70. The summed E-state index contributed by atoms with van der Waals surface area (Å²) in [4.78, 5) is 6.69. The van der Waals surface area contributed by atoms with Gasteiger partial charge in [0.05, 0.1) is 5.02 Å². The summed E-state index contributed by atoms with van der Waals surface area (Å²) < 4.78 is 0. The number of piperidine rings is 1. The Labute approximate surface area is 108 Å². The largest absolute Gasteiger partial charge is 0.357 e. The Morgan fingerprint density at radius 3 is 2.59 bits per heavy atom. The third-order valence-corrected chi connectivity index (χ3v) is 3.32. The van der Waals surface area contributed by atoms with E-state index in [0.717, 1.165) is 18.9 Å². The van der Waals surface area contributed by atoms with E-state index in [0.29, 0.717) is 17.1 Å². The molecule has 2 rings (SSSR count). The van der Waals surface area contributed by atoms with Gasteiger partial charge in [-0.25, -0.2) is 4.98 Å². The lowest BCUT2D eigenvalue weighted by atomic mass is 10.0. The van der Waals surface area contributed by atoms with Crippen LogP contribution in [-0.2, 0) is 0 Å². The van der Waals surface area contributed by atoms with Gasteiger partial charge >= 0.3 is 0 Å². The molecule has 1 aromatic rings. The average molecular weight is 254 g/mol. The number of anilines is 1. The van der Waals surface area contributed by atoms with Crippen molar-refractivity contribution in [1.29, 1.82) is 0 Å². The Kier molecular flexibility index (Phi) is 4.24. The minimum atomic E-state index is 0.570. The van der Waals surface area contributed by atoms with Gasteiger partial charge in [-0.3, -0.25) is 0 Å². The van der Waals surface area contributed by atoms with Crippen molar-refractivity contribution in [2.45, 2.75) is 38.8 Å². The second-order valence-electron chi connectivity index (χ2n) is 4.92. The molecule has 1 saturated heterocycles. The van der Waals surface area contributed by atoms with E-state index in [-0.39, 0.29) is 0 Å². The Morgan fingerprint density at radius 1 is 1.35 bits per heavy atom. The van der Waals surface area contributed by atoms with Crippen LogP contribution in [0.15, 0.2) is 18.3 Å². The number of hydrogen-bond acceptors (Lipinski definition) is 3. The van der Waals surface area contributed by atoms with E-state index in [1.165, 1.54) is 12.8 Å². The molecule has 17 heavy (non-hydrogen) atoms. The fourth-order valence-corrected chi connectivity index (χ4v) is 2.41. The van der Waals surface area contributed by atoms with E-state index in [1.807, 2.05) is 12.1 Å². The molecule has 0 unspecified atom stereocenters. The van der Waals surface area contributed by atoms with Gasteiger partial charge in [-0.2, -0.15) is 0 Å². The SMILES string of the molecule is CC(C)NC1CCN(c2ccc(Cl)cn2)CC1. The fourth-order valence-electron chi connectivity index (χ4n) is 2.30. The molecule has 0 aromatic carbocycles. The van der Waals surface area contributed by atoms with Crippen LogP contribution in [0.5, 0.6) is 0 Å². The van der Waals surface area contributed by atoms with Crippen molar-refractivity contribution in [1.82, 2.24) is 10.3 Å². The zero-order valence-corrected chi connectivity index (χ0v) is 11.2. The van der Waals surface area contributed by atoms with E-state index in [9.17, 15) is 0 Å². The van der Waals surface area contributed by atoms with E-state index >= 15 is 0 Å². The van der Waals surface area contributed by atoms with Gasteiger partial charge in [0.25, 0.3) is 0 Å². The lowest BCUT2D eigenvalue weighted by Crippen LogP contribution is -2.45. The molecule has 94 valence electrons. The minimum absolute atomic E-state index is 0.570.